The van der Waals surface area contributed by atoms with Crippen LogP contribution < -0.4 is 5.32 Å². The van der Waals surface area contributed by atoms with Crippen LogP contribution in [-0.2, 0) is 4.79 Å². The average molecular weight is 285 g/mol. The van der Waals surface area contributed by atoms with Crippen LogP contribution in [0, 0.1) is 5.92 Å². The zero-order valence-electron chi connectivity index (χ0n) is 11.5. The first-order valence-electron chi connectivity index (χ1n) is 7.29. The lowest BCUT2D eigenvalue weighted by Gasteiger charge is -2.20. The van der Waals surface area contributed by atoms with Gasteiger partial charge in [0, 0.05) is 10.8 Å². The van der Waals surface area contributed by atoms with Gasteiger partial charge in [0.25, 0.3) is 0 Å². The fraction of sp³-hybridized carbons (Fsp3) is 0.353. The second-order valence-corrected chi connectivity index (χ2v) is 6.44. The van der Waals surface area contributed by atoms with E-state index in [9.17, 15) is 4.79 Å². The third-order valence-electron chi connectivity index (χ3n) is 3.89. The Labute approximate surface area is 123 Å². The van der Waals surface area contributed by atoms with E-state index in [1.807, 2.05) is 24.3 Å². The van der Waals surface area contributed by atoms with E-state index in [1.165, 1.54) is 29.7 Å². The number of carbonyl (C=O) groups is 1. The van der Waals surface area contributed by atoms with Crippen LogP contribution >= 0.6 is 11.3 Å². The summed E-state index contributed by atoms with van der Waals surface area (Å²) in [4.78, 5) is 13.4. The van der Waals surface area contributed by atoms with Crippen molar-refractivity contribution in [1.82, 2.24) is 0 Å². The molecule has 1 aliphatic carbocycles. The lowest BCUT2D eigenvalue weighted by molar-refractivity contribution is -0.120. The van der Waals surface area contributed by atoms with E-state index in [0.717, 1.165) is 17.8 Å². The molecule has 1 saturated carbocycles. The maximum absolute atomic E-state index is 12.2. The second-order valence-electron chi connectivity index (χ2n) is 5.35. The minimum Gasteiger partial charge on any atom is -0.317 e. The molecule has 1 fully saturated rings. The van der Waals surface area contributed by atoms with Gasteiger partial charge in [0.15, 0.2) is 0 Å². The SMILES string of the molecule is O=C(Nc1ccc(-c2ccccc2)s1)C1CCCCC1. The maximum Gasteiger partial charge on any atom is 0.228 e. The second kappa shape index (κ2) is 6.23. The number of carbonyl (C=O) groups excluding carboxylic acids is 1. The molecule has 0 saturated heterocycles. The van der Waals surface area contributed by atoms with Crippen LogP contribution in [0.2, 0.25) is 0 Å². The third kappa shape index (κ3) is 3.10. The smallest absolute Gasteiger partial charge is 0.228 e. The summed E-state index contributed by atoms with van der Waals surface area (Å²) in [5, 5.41) is 4.04. The van der Waals surface area contributed by atoms with Gasteiger partial charge in [-0.3, -0.25) is 4.79 Å². The highest BCUT2D eigenvalue weighted by atomic mass is 32.1. The minimum atomic E-state index is 0.200. The van der Waals surface area contributed by atoms with Gasteiger partial charge in [-0.25, -0.2) is 0 Å². The Morgan fingerprint density at radius 2 is 1.75 bits per heavy atom. The summed E-state index contributed by atoms with van der Waals surface area (Å²) in [5.74, 6) is 0.414. The van der Waals surface area contributed by atoms with E-state index >= 15 is 0 Å². The van der Waals surface area contributed by atoms with E-state index in [4.69, 9.17) is 0 Å². The van der Waals surface area contributed by atoms with Crippen LogP contribution in [0.1, 0.15) is 32.1 Å². The van der Waals surface area contributed by atoms with Crippen molar-refractivity contribution in [2.24, 2.45) is 5.92 Å². The Kier molecular flexibility index (Phi) is 4.16. The van der Waals surface area contributed by atoms with E-state index in [2.05, 4.69) is 23.5 Å². The van der Waals surface area contributed by atoms with Crippen molar-refractivity contribution in [1.29, 1.82) is 0 Å². The Bertz CT molecular complexity index is 570. The molecule has 3 rings (SSSR count). The molecule has 1 heterocycles. The molecule has 1 aromatic carbocycles. The Balaban J connectivity index is 1.66. The first-order chi connectivity index (χ1) is 9.83. The highest BCUT2D eigenvalue weighted by Crippen LogP contribution is 2.32. The largest absolute Gasteiger partial charge is 0.317 e. The van der Waals surface area contributed by atoms with E-state index in [-0.39, 0.29) is 11.8 Å². The number of thiophene rings is 1. The summed E-state index contributed by atoms with van der Waals surface area (Å²) in [6.07, 6.45) is 5.75. The van der Waals surface area contributed by atoms with Gasteiger partial charge in [0.05, 0.1) is 5.00 Å². The molecule has 3 heteroatoms. The average Bonchev–Trinajstić information content (AvgIpc) is 2.97. The van der Waals surface area contributed by atoms with Crippen LogP contribution in [0.5, 0.6) is 0 Å². The van der Waals surface area contributed by atoms with E-state index in [1.54, 1.807) is 11.3 Å². The van der Waals surface area contributed by atoms with E-state index < -0.39 is 0 Å². The summed E-state index contributed by atoms with van der Waals surface area (Å²) in [7, 11) is 0. The van der Waals surface area contributed by atoms with Crippen molar-refractivity contribution in [3.63, 3.8) is 0 Å². The maximum atomic E-state index is 12.2. The van der Waals surface area contributed by atoms with Crippen LogP contribution in [0.4, 0.5) is 5.00 Å². The van der Waals surface area contributed by atoms with Crippen molar-refractivity contribution < 1.29 is 4.79 Å². The molecular weight excluding hydrogens is 266 g/mol. The molecule has 2 nitrogen and oxygen atoms in total. The molecule has 2 aromatic rings. The lowest BCUT2D eigenvalue weighted by Crippen LogP contribution is -2.24. The third-order valence-corrected chi connectivity index (χ3v) is 4.94. The lowest BCUT2D eigenvalue weighted by atomic mass is 9.89. The highest BCUT2D eigenvalue weighted by molar-refractivity contribution is 7.19. The van der Waals surface area contributed by atoms with Crippen molar-refractivity contribution in [2.75, 3.05) is 5.32 Å². The first kappa shape index (κ1) is 13.4. The quantitative estimate of drug-likeness (QED) is 0.850. The number of hydrogen-bond donors (Lipinski definition) is 1. The molecule has 0 bridgehead atoms. The fourth-order valence-electron chi connectivity index (χ4n) is 2.75. The first-order valence-corrected chi connectivity index (χ1v) is 8.11. The molecule has 0 aliphatic heterocycles. The van der Waals surface area contributed by atoms with Gasteiger partial charge >= 0.3 is 0 Å². The summed E-state index contributed by atoms with van der Waals surface area (Å²) in [6.45, 7) is 0. The minimum absolute atomic E-state index is 0.200. The summed E-state index contributed by atoms with van der Waals surface area (Å²) < 4.78 is 0. The Morgan fingerprint density at radius 1 is 1.00 bits per heavy atom. The van der Waals surface area contributed by atoms with Crippen molar-refractivity contribution >= 4 is 22.2 Å². The zero-order chi connectivity index (χ0) is 13.8. The van der Waals surface area contributed by atoms with Crippen LogP contribution in [0.3, 0.4) is 0 Å². The number of nitrogens with one attached hydrogen (secondary N) is 1. The van der Waals surface area contributed by atoms with Crippen molar-refractivity contribution in [2.45, 2.75) is 32.1 Å². The molecule has 20 heavy (non-hydrogen) atoms. The topological polar surface area (TPSA) is 29.1 Å². The number of amides is 1. The molecule has 1 aliphatic rings. The number of anilines is 1. The van der Waals surface area contributed by atoms with Crippen LogP contribution in [-0.4, -0.2) is 5.91 Å². The summed E-state index contributed by atoms with van der Waals surface area (Å²) >= 11 is 1.65. The molecule has 1 aromatic heterocycles. The zero-order valence-corrected chi connectivity index (χ0v) is 12.3. The van der Waals surface area contributed by atoms with Crippen molar-refractivity contribution in [3.05, 3.63) is 42.5 Å². The van der Waals surface area contributed by atoms with Gasteiger partial charge < -0.3 is 5.32 Å². The number of hydrogen-bond acceptors (Lipinski definition) is 2. The fourth-order valence-corrected chi connectivity index (χ4v) is 3.67. The molecule has 1 N–H and O–H groups in total. The molecule has 0 radical (unpaired) electrons. The summed E-state index contributed by atoms with van der Waals surface area (Å²) in [6, 6.07) is 14.4. The standard InChI is InChI=1S/C17H19NOS/c19-17(14-9-5-2-6-10-14)18-16-12-11-15(20-16)13-7-3-1-4-8-13/h1,3-4,7-8,11-12,14H,2,5-6,9-10H2,(H,18,19). The van der Waals surface area contributed by atoms with Crippen molar-refractivity contribution in [3.8, 4) is 10.4 Å². The van der Waals surface area contributed by atoms with Gasteiger partial charge in [0.1, 0.15) is 0 Å². The highest BCUT2D eigenvalue weighted by Gasteiger charge is 2.21. The van der Waals surface area contributed by atoms with Gasteiger partial charge in [-0.05, 0) is 30.5 Å². The molecular formula is C17H19NOS. The molecule has 104 valence electrons. The van der Waals surface area contributed by atoms with Crippen LogP contribution in [0.25, 0.3) is 10.4 Å². The normalized spacial score (nSPS) is 16.0. The molecule has 0 unspecified atom stereocenters. The van der Waals surface area contributed by atoms with Crippen LogP contribution in [0.15, 0.2) is 42.5 Å². The Morgan fingerprint density at radius 3 is 2.50 bits per heavy atom. The van der Waals surface area contributed by atoms with Gasteiger partial charge in [-0.1, -0.05) is 49.6 Å². The van der Waals surface area contributed by atoms with Gasteiger partial charge in [-0.15, -0.1) is 11.3 Å². The predicted octanol–water partition coefficient (Wildman–Crippen LogP) is 4.93. The predicted molar refractivity (Wildman–Crippen MR) is 85.0 cm³/mol. The number of rotatable bonds is 3. The monoisotopic (exact) mass is 285 g/mol. The molecule has 1 amide bonds. The Hall–Kier alpha value is -1.61. The van der Waals surface area contributed by atoms with Gasteiger partial charge in [-0.2, -0.15) is 0 Å². The van der Waals surface area contributed by atoms with E-state index in [0.29, 0.717) is 0 Å². The molecule has 0 atom stereocenters. The number of benzene rings is 1. The summed E-state index contributed by atoms with van der Waals surface area (Å²) in [5.41, 5.74) is 1.20. The van der Waals surface area contributed by atoms with Gasteiger partial charge in [0.2, 0.25) is 5.91 Å². The molecule has 0 spiro atoms.